The number of carbonyl (C=O) groups excluding carboxylic acids is 3. The summed E-state index contributed by atoms with van der Waals surface area (Å²) in [5.41, 5.74) is 0. The standard InChI is InChI=1S/C31H50N2O7S5/c1-7-33(8-2)31(41)45-43-18-15-39-29(36)25(20-24(19-22(3)4)28(35)38-14-13-34)21-26(23(5)6)30(37)40-16-17-42-44-27-11-9-10-12-32-27/h9-12,22-26,34H,7-8,13-21H2,1-6H3. The Morgan fingerprint density at radius 1 is 0.867 bits per heavy atom. The smallest absolute Gasteiger partial charge is 0.309 e. The quantitative estimate of drug-likeness (QED) is 0.0421. The molecule has 1 aromatic heterocycles. The Bertz CT molecular complexity index is 1000. The number of thiocarbonyl (C=S) groups is 1. The molecule has 45 heavy (non-hydrogen) atoms. The van der Waals surface area contributed by atoms with Crippen LogP contribution in [-0.2, 0) is 28.6 Å². The number of ether oxygens (including phenoxy) is 3. The SMILES string of the molecule is CCN(CC)C(=S)SSCCOC(=O)C(CC(CC(C)C)C(=O)OCCO)CC(C(=O)OCCSSc1ccccn1)C(C)C. The van der Waals surface area contributed by atoms with Crippen molar-refractivity contribution in [3.63, 3.8) is 0 Å². The molecule has 0 fully saturated rings. The van der Waals surface area contributed by atoms with E-state index in [-0.39, 0.29) is 57.1 Å². The molecule has 0 bridgehead atoms. The fourth-order valence-electron chi connectivity index (χ4n) is 4.40. The van der Waals surface area contributed by atoms with Crippen LogP contribution in [0.4, 0.5) is 0 Å². The summed E-state index contributed by atoms with van der Waals surface area (Å²) in [6.07, 6.45) is 2.62. The summed E-state index contributed by atoms with van der Waals surface area (Å²) in [6.45, 7) is 13.6. The second kappa shape index (κ2) is 24.9. The summed E-state index contributed by atoms with van der Waals surface area (Å²) in [7, 11) is 6.07. The Hall–Kier alpha value is -1.19. The minimum atomic E-state index is -0.709. The third-order valence-electron chi connectivity index (χ3n) is 6.73. The molecule has 0 saturated carbocycles. The number of aliphatic hydroxyl groups excluding tert-OH is 1. The first-order valence-corrected chi connectivity index (χ1v) is 20.5. The van der Waals surface area contributed by atoms with E-state index in [0.717, 1.165) is 22.4 Å². The molecular formula is C31H50N2O7S5. The molecule has 0 aliphatic heterocycles. The van der Waals surface area contributed by atoms with Gasteiger partial charge in [-0.15, -0.1) is 0 Å². The van der Waals surface area contributed by atoms with Crippen molar-refractivity contribution in [2.45, 2.75) is 65.8 Å². The van der Waals surface area contributed by atoms with Crippen LogP contribution >= 0.6 is 55.4 Å². The fourth-order valence-corrected chi connectivity index (χ4v) is 8.57. The molecule has 256 valence electrons. The van der Waals surface area contributed by atoms with Gasteiger partial charge in [-0.25, -0.2) is 4.98 Å². The minimum absolute atomic E-state index is 0.0960. The lowest BCUT2D eigenvalue weighted by Gasteiger charge is -2.27. The predicted octanol–water partition coefficient (Wildman–Crippen LogP) is 6.78. The third kappa shape index (κ3) is 18.1. The third-order valence-corrected chi connectivity index (χ3v) is 12.0. The van der Waals surface area contributed by atoms with Gasteiger partial charge in [0, 0.05) is 30.8 Å². The number of aliphatic hydroxyl groups is 1. The van der Waals surface area contributed by atoms with E-state index in [1.165, 1.54) is 32.4 Å². The predicted molar refractivity (Wildman–Crippen MR) is 192 cm³/mol. The zero-order valence-corrected chi connectivity index (χ0v) is 31.4. The number of hydrogen-bond donors (Lipinski definition) is 1. The topological polar surface area (TPSA) is 115 Å². The molecule has 0 aromatic carbocycles. The van der Waals surface area contributed by atoms with Crippen molar-refractivity contribution >= 4 is 77.6 Å². The normalized spacial score (nSPS) is 13.3. The summed E-state index contributed by atoms with van der Waals surface area (Å²) in [6, 6.07) is 5.70. The highest BCUT2D eigenvalue weighted by Crippen LogP contribution is 2.32. The number of hydrogen-bond acceptors (Lipinski definition) is 13. The summed E-state index contributed by atoms with van der Waals surface area (Å²) in [5.74, 6) is -1.91. The van der Waals surface area contributed by atoms with Crippen molar-refractivity contribution in [2.75, 3.05) is 51.0 Å². The second-order valence-electron chi connectivity index (χ2n) is 11.0. The molecule has 1 rings (SSSR count). The van der Waals surface area contributed by atoms with Crippen LogP contribution in [0.15, 0.2) is 29.4 Å². The van der Waals surface area contributed by atoms with Gasteiger partial charge in [0.15, 0.2) is 0 Å². The van der Waals surface area contributed by atoms with Crippen LogP contribution in [0.25, 0.3) is 0 Å². The zero-order chi connectivity index (χ0) is 33.6. The van der Waals surface area contributed by atoms with Gasteiger partial charge in [0.25, 0.3) is 0 Å². The molecule has 1 aromatic rings. The van der Waals surface area contributed by atoms with Gasteiger partial charge in [-0.2, -0.15) is 0 Å². The van der Waals surface area contributed by atoms with E-state index in [0.29, 0.717) is 17.9 Å². The molecule has 0 aliphatic carbocycles. The highest BCUT2D eigenvalue weighted by Gasteiger charge is 2.35. The summed E-state index contributed by atoms with van der Waals surface area (Å²) >= 11 is 5.47. The van der Waals surface area contributed by atoms with Crippen LogP contribution in [0, 0.1) is 29.6 Å². The Balaban J connectivity index is 2.90. The van der Waals surface area contributed by atoms with Crippen LogP contribution in [0.3, 0.4) is 0 Å². The van der Waals surface area contributed by atoms with Crippen molar-refractivity contribution in [2.24, 2.45) is 29.6 Å². The van der Waals surface area contributed by atoms with Crippen LogP contribution in [0.2, 0.25) is 0 Å². The first kappa shape index (κ1) is 41.8. The van der Waals surface area contributed by atoms with Gasteiger partial charge < -0.3 is 24.2 Å². The van der Waals surface area contributed by atoms with E-state index < -0.39 is 29.7 Å². The number of carbonyl (C=O) groups is 3. The fraction of sp³-hybridized carbons (Fsp3) is 0.710. The summed E-state index contributed by atoms with van der Waals surface area (Å²) in [5, 5.41) is 10.0. The van der Waals surface area contributed by atoms with Crippen molar-refractivity contribution in [1.82, 2.24) is 9.88 Å². The van der Waals surface area contributed by atoms with E-state index in [2.05, 4.69) is 23.7 Å². The first-order valence-electron chi connectivity index (χ1n) is 15.4. The molecular weight excluding hydrogens is 673 g/mol. The monoisotopic (exact) mass is 722 g/mol. The highest BCUT2D eigenvalue weighted by molar-refractivity contribution is 8.83. The summed E-state index contributed by atoms with van der Waals surface area (Å²) in [4.78, 5) is 46.0. The lowest BCUT2D eigenvalue weighted by molar-refractivity contribution is -0.156. The van der Waals surface area contributed by atoms with Gasteiger partial charge in [-0.05, 0) is 78.7 Å². The lowest BCUT2D eigenvalue weighted by atomic mass is 9.80. The van der Waals surface area contributed by atoms with Gasteiger partial charge in [0.2, 0.25) is 0 Å². The van der Waals surface area contributed by atoms with E-state index in [1.807, 2.05) is 45.9 Å². The van der Waals surface area contributed by atoms with Crippen LogP contribution < -0.4 is 0 Å². The minimum Gasteiger partial charge on any atom is -0.465 e. The van der Waals surface area contributed by atoms with Gasteiger partial charge in [-0.3, -0.25) is 14.4 Å². The number of pyridine rings is 1. The number of nitrogens with zero attached hydrogens (tertiary/aromatic N) is 2. The Kier molecular flexibility index (Phi) is 23.2. The van der Waals surface area contributed by atoms with Crippen molar-refractivity contribution < 1.29 is 33.7 Å². The van der Waals surface area contributed by atoms with E-state index in [1.54, 1.807) is 17.0 Å². The molecule has 1 heterocycles. The maximum absolute atomic E-state index is 13.5. The maximum atomic E-state index is 13.5. The Labute approximate surface area is 290 Å². The molecule has 0 radical (unpaired) electrons. The number of esters is 3. The largest absolute Gasteiger partial charge is 0.465 e. The average Bonchev–Trinajstić information content (AvgIpc) is 3.01. The molecule has 14 heteroatoms. The molecule has 0 aliphatic rings. The van der Waals surface area contributed by atoms with Gasteiger partial charge in [0.1, 0.15) is 29.2 Å². The summed E-state index contributed by atoms with van der Waals surface area (Å²) < 4.78 is 17.4. The van der Waals surface area contributed by atoms with Crippen LogP contribution in [0.1, 0.15) is 60.8 Å². The van der Waals surface area contributed by atoms with Crippen molar-refractivity contribution in [3.05, 3.63) is 24.4 Å². The zero-order valence-electron chi connectivity index (χ0n) is 27.3. The van der Waals surface area contributed by atoms with Crippen molar-refractivity contribution in [3.8, 4) is 0 Å². The average molecular weight is 723 g/mol. The van der Waals surface area contributed by atoms with Gasteiger partial charge in [0.05, 0.1) is 24.4 Å². The second-order valence-corrected chi connectivity index (χ2v) is 16.5. The Morgan fingerprint density at radius 2 is 1.47 bits per heavy atom. The molecule has 1 N–H and O–H groups in total. The molecule has 3 unspecified atom stereocenters. The number of rotatable bonds is 23. The molecule has 0 spiro atoms. The van der Waals surface area contributed by atoms with Gasteiger partial charge >= 0.3 is 17.9 Å². The molecule has 9 nitrogen and oxygen atoms in total. The lowest BCUT2D eigenvalue weighted by Crippen LogP contribution is -2.33. The van der Waals surface area contributed by atoms with Gasteiger partial charge in [-0.1, -0.05) is 67.6 Å². The van der Waals surface area contributed by atoms with E-state index in [4.69, 9.17) is 31.5 Å². The number of aromatic nitrogens is 1. The maximum Gasteiger partial charge on any atom is 0.309 e. The van der Waals surface area contributed by atoms with Crippen molar-refractivity contribution in [1.29, 1.82) is 0 Å². The highest BCUT2D eigenvalue weighted by atomic mass is 33.1. The van der Waals surface area contributed by atoms with Crippen LogP contribution in [-0.4, -0.2) is 88.2 Å². The molecule has 0 amide bonds. The van der Waals surface area contributed by atoms with Crippen LogP contribution in [0.5, 0.6) is 0 Å². The van der Waals surface area contributed by atoms with E-state index in [9.17, 15) is 14.4 Å². The Morgan fingerprint density at radius 3 is 2.02 bits per heavy atom. The molecule has 0 saturated heterocycles. The van der Waals surface area contributed by atoms with E-state index >= 15 is 0 Å². The molecule has 3 atom stereocenters. The first-order chi connectivity index (χ1) is 21.5.